The first-order chi connectivity index (χ1) is 15.9. The minimum atomic E-state index is -5.82. The predicted octanol–water partition coefficient (Wildman–Crippen LogP) is 2.80. The highest BCUT2D eigenvalue weighted by Crippen LogP contribution is 2.52. The Morgan fingerprint density at radius 1 is 0.647 bits per heavy atom. The average molecular weight is 524 g/mol. The van der Waals surface area contributed by atoms with Crippen LogP contribution in [0.3, 0.4) is 0 Å². The summed E-state index contributed by atoms with van der Waals surface area (Å²) in [5, 5.41) is 21.3. The largest absolute Gasteiger partial charge is 0.510 e. The molecule has 188 valence electrons. The monoisotopic (exact) mass is 524 g/mol. The molecule has 0 aromatic heterocycles. The van der Waals surface area contributed by atoms with Crippen LogP contribution in [-0.4, -0.2) is 56.6 Å². The molecule has 2 aromatic carbocycles. The van der Waals surface area contributed by atoms with Crippen LogP contribution in [0.2, 0.25) is 0 Å². The molecule has 0 aliphatic heterocycles. The molecule has 1 saturated carbocycles. The van der Waals surface area contributed by atoms with E-state index in [1.807, 2.05) is 0 Å². The van der Waals surface area contributed by atoms with E-state index in [0.29, 0.717) is 11.1 Å². The van der Waals surface area contributed by atoms with Gasteiger partial charge >= 0.3 is 15.8 Å². The Morgan fingerprint density at radius 2 is 0.971 bits per heavy atom. The minimum Gasteiger partial charge on any atom is -0.387 e. The Balaban J connectivity index is 1.92. The Labute approximate surface area is 194 Å². The van der Waals surface area contributed by atoms with Gasteiger partial charge in [-0.15, -0.1) is 8.39 Å². The van der Waals surface area contributed by atoms with E-state index >= 15 is 0 Å². The number of aliphatic hydroxyl groups excluding tert-OH is 2. The summed E-state index contributed by atoms with van der Waals surface area (Å²) in [5.74, 6) is 0. The molecule has 34 heavy (non-hydrogen) atoms. The fourth-order valence-corrected chi connectivity index (χ4v) is 4.69. The normalized spacial score (nSPS) is 30.9. The van der Waals surface area contributed by atoms with E-state index in [1.165, 1.54) is 0 Å². The lowest BCUT2D eigenvalue weighted by atomic mass is 9.84. The molecule has 0 bridgehead atoms. The van der Waals surface area contributed by atoms with E-state index in [1.54, 1.807) is 60.7 Å². The average Bonchev–Trinajstić information content (AvgIpc) is 2.76. The van der Waals surface area contributed by atoms with Crippen LogP contribution < -0.4 is 0 Å². The molecule has 2 unspecified atom stereocenters. The second kappa shape index (κ2) is 11.5. The Hall–Kier alpha value is -1.56. The maximum Gasteiger partial charge on any atom is 0.510 e. The van der Waals surface area contributed by atoms with Crippen LogP contribution >= 0.6 is 15.8 Å². The molecule has 0 radical (unpaired) electrons. The van der Waals surface area contributed by atoms with E-state index in [9.17, 15) is 37.5 Å². The quantitative estimate of drug-likeness (QED) is 0.342. The van der Waals surface area contributed by atoms with Gasteiger partial charge in [0.15, 0.2) is 0 Å². The van der Waals surface area contributed by atoms with Crippen molar-refractivity contribution in [2.45, 2.75) is 49.8 Å². The topological polar surface area (TPSA) is 152 Å². The molecule has 0 amide bonds. The molecule has 0 saturated heterocycles. The first-order valence-corrected chi connectivity index (χ1v) is 13.0. The first-order valence-electron chi connectivity index (χ1n) is 10.0. The molecule has 3 rings (SSSR count). The maximum atomic E-state index is 13.7. The third-order valence-electron chi connectivity index (χ3n) is 5.07. The van der Waals surface area contributed by atoms with Crippen LogP contribution in [0.1, 0.15) is 11.1 Å². The molecule has 0 heterocycles. The van der Waals surface area contributed by atoms with Gasteiger partial charge in [-0.3, -0.25) is 18.8 Å². The minimum absolute atomic E-state index is 0.244. The van der Waals surface area contributed by atoms with E-state index in [-0.39, 0.29) is 13.2 Å². The summed E-state index contributed by atoms with van der Waals surface area (Å²) in [5.41, 5.74) is 1.13. The molecule has 8 atom stereocenters. The van der Waals surface area contributed by atoms with Gasteiger partial charge in [-0.1, -0.05) is 60.7 Å². The van der Waals surface area contributed by atoms with Gasteiger partial charge in [-0.25, -0.2) is 9.13 Å². The van der Waals surface area contributed by atoms with Gasteiger partial charge in [-0.2, -0.15) is 0 Å². The van der Waals surface area contributed by atoms with Crippen LogP contribution in [0.15, 0.2) is 60.7 Å². The first kappa shape index (κ1) is 27.0. The summed E-state index contributed by atoms with van der Waals surface area (Å²) >= 11 is 0. The highest BCUT2D eigenvalue weighted by Gasteiger charge is 2.56. The van der Waals surface area contributed by atoms with Gasteiger partial charge in [0.25, 0.3) is 0 Å². The molecule has 1 aliphatic carbocycles. The summed E-state index contributed by atoms with van der Waals surface area (Å²) in [7, 11) is -11.6. The lowest BCUT2D eigenvalue weighted by Crippen LogP contribution is -2.65. The fraction of sp³-hybridized carbons (Fsp3) is 0.400. The van der Waals surface area contributed by atoms with E-state index in [2.05, 4.69) is 9.05 Å². The molecule has 2 aromatic rings. The van der Waals surface area contributed by atoms with Gasteiger partial charge in [0.05, 0.1) is 13.2 Å². The van der Waals surface area contributed by atoms with Crippen LogP contribution in [0, 0.1) is 0 Å². The van der Waals surface area contributed by atoms with Gasteiger partial charge in [-0.05, 0) is 11.1 Å². The van der Waals surface area contributed by atoms with Crippen molar-refractivity contribution in [2.24, 2.45) is 0 Å². The van der Waals surface area contributed by atoms with Gasteiger partial charge < -0.3 is 19.7 Å². The molecular formula is C20H24F2O10P2. The van der Waals surface area contributed by atoms with Crippen molar-refractivity contribution in [3.8, 4) is 0 Å². The van der Waals surface area contributed by atoms with Crippen LogP contribution in [0.4, 0.5) is 8.39 Å². The van der Waals surface area contributed by atoms with E-state index < -0.39 is 52.4 Å². The van der Waals surface area contributed by atoms with Crippen molar-refractivity contribution in [3.63, 3.8) is 0 Å². The molecular weight excluding hydrogens is 500 g/mol. The standard InChI is InChI=1S/C20H24F2O10P2/c21-33(25,26)31-19-17(29-11-13-7-3-1-4-8-13)15(23)16(24)18(20(19)32-34(22,27)28)30-12-14-9-5-2-6-10-14/h1-10,15-20,23-24H,11-12H2,(H,25,26)(H,27,28)/t15-,16+,17-,18-,19+,20+/m0/s1. The highest BCUT2D eigenvalue weighted by molar-refractivity contribution is 7.47. The SMILES string of the molecule is O=P(O)(F)O[C@H]1[C@H](OP(=O)(O)F)[C@@H](OCc2ccccc2)[C@@H](O)[C@@H](O)[C@@H]1OCc1ccccc1. The van der Waals surface area contributed by atoms with Gasteiger partial charge in [0.1, 0.15) is 36.6 Å². The zero-order valence-corrected chi connectivity index (χ0v) is 19.3. The van der Waals surface area contributed by atoms with Crippen molar-refractivity contribution >= 4 is 15.8 Å². The van der Waals surface area contributed by atoms with Crippen molar-refractivity contribution in [3.05, 3.63) is 71.8 Å². The number of aliphatic hydroxyl groups is 2. The van der Waals surface area contributed by atoms with E-state index in [4.69, 9.17) is 9.47 Å². The highest BCUT2D eigenvalue weighted by atomic mass is 31.2. The van der Waals surface area contributed by atoms with Gasteiger partial charge in [0.2, 0.25) is 0 Å². The van der Waals surface area contributed by atoms with Gasteiger partial charge in [0, 0.05) is 0 Å². The molecule has 1 fully saturated rings. The lowest BCUT2D eigenvalue weighted by Gasteiger charge is -2.46. The van der Waals surface area contributed by atoms with Crippen molar-refractivity contribution < 1.29 is 56.0 Å². The number of rotatable bonds is 10. The number of ether oxygens (including phenoxy) is 2. The lowest BCUT2D eigenvalue weighted by molar-refractivity contribution is -0.242. The number of benzene rings is 2. The fourth-order valence-electron chi connectivity index (χ4n) is 3.61. The third-order valence-corrected chi connectivity index (χ3v) is 6.08. The summed E-state index contributed by atoms with van der Waals surface area (Å²) in [4.78, 5) is 18.4. The Kier molecular flexibility index (Phi) is 9.10. The van der Waals surface area contributed by atoms with Crippen LogP contribution in [-0.2, 0) is 40.9 Å². The zero-order valence-electron chi connectivity index (χ0n) is 17.5. The van der Waals surface area contributed by atoms with Crippen LogP contribution in [0.25, 0.3) is 0 Å². The summed E-state index contributed by atoms with van der Waals surface area (Å²) < 4.78 is 70.2. The maximum absolute atomic E-state index is 13.7. The third kappa shape index (κ3) is 7.73. The zero-order chi connectivity index (χ0) is 24.9. The number of hydrogen-bond donors (Lipinski definition) is 4. The Morgan fingerprint density at radius 3 is 1.26 bits per heavy atom. The number of hydrogen-bond acceptors (Lipinski definition) is 8. The second-order valence-corrected chi connectivity index (χ2v) is 9.77. The molecule has 10 nitrogen and oxygen atoms in total. The van der Waals surface area contributed by atoms with E-state index in [0.717, 1.165) is 0 Å². The Bertz CT molecular complexity index is 921. The summed E-state index contributed by atoms with van der Waals surface area (Å²) in [6, 6.07) is 16.7. The van der Waals surface area contributed by atoms with Crippen molar-refractivity contribution in [1.82, 2.24) is 0 Å². The predicted molar refractivity (Wildman–Crippen MR) is 114 cm³/mol. The summed E-state index contributed by atoms with van der Waals surface area (Å²) in [6.45, 7) is -0.488. The smallest absolute Gasteiger partial charge is 0.387 e. The molecule has 0 spiro atoms. The number of halogens is 2. The molecule has 1 aliphatic rings. The molecule has 4 N–H and O–H groups in total. The van der Waals surface area contributed by atoms with Crippen molar-refractivity contribution in [1.29, 1.82) is 0 Å². The van der Waals surface area contributed by atoms with Crippen molar-refractivity contribution in [2.75, 3.05) is 0 Å². The second-order valence-electron chi connectivity index (χ2n) is 7.55. The molecule has 14 heteroatoms. The summed E-state index contributed by atoms with van der Waals surface area (Å²) in [6.07, 6.45) is -11.6. The van der Waals surface area contributed by atoms with Crippen LogP contribution in [0.5, 0.6) is 0 Å².